The maximum Gasteiger partial charge on any atom is 0.147 e. The Labute approximate surface area is 94.4 Å². The van der Waals surface area contributed by atoms with Gasteiger partial charge in [0, 0.05) is 24.7 Å². The summed E-state index contributed by atoms with van der Waals surface area (Å²) in [4.78, 5) is 3.83. The van der Waals surface area contributed by atoms with Gasteiger partial charge in [0.2, 0.25) is 0 Å². The van der Waals surface area contributed by atoms with Crippen LogP contribution in [0.4, 0.5) is 0 Å². The molecular formula is C9H13ClN2O2S. The molecule has 0 bridgehead atoms. The highest BCUT2D eigenvalue weighted by Crippen LogP contribution is 2.22. The van der Waals surface area contributed by atoms with Crippen molar-refractivity contribution in [3.8, 4) is 0 Å². The number of hydrogen-bond acceptors (Lipinski definition) is 4. The largest absolute Gasteiger partial charge is 0.324 e. The monoisotopic (exact) mass is 248 g/mol. The van der Waals surface area contributed by atoms with Gasteiger partial charge in [-0.05, 0) is 18.1 Å². The maximum atomic E-state index is 11.0. The number of pyridine rings is 1. The Bertz CT molecular complexity index is 433. The first kappa shape index (κ1) is 12.4. The number of hydrogen-bond donors (Lipinski definition) is 1. The summed E-state index contributed by atoms with van der Waals surface area (Å²) < 4.78 is 21.9. The average molecular weight is 249 g/mol. The number of aromatic nitrogens is 1. The van der Waals surface area contributed by atoms with Gasteiger partial charge >= 0.3 is 0 Å². The third kappa shape index (κ3) is 4.15. The van der Waals surface area contributed by atoms with E-state index in [1.807, 2.05) is 0 Å². The lowest BCUT2D eigenvalue weighted by atomic mass is 10.1. The molecule has 1 aromatic rings. The molecule has 0 fully saturated rings. The van der Waals surface area contributed by atoms with Crippen molar-refractivity contribution in [3.05, 3.63) is 29.0 Å². The van der Waals surface area contributed by atoms with Crippen molar-refractivity contribution in [2.24, 2.45) is 5.73 Å². The van der Waals surface area contributed by atoms with Crippen LogP contribution < -0.4 is 5.73 Å². The Morgan fingerprint density at radius 3 is 2.80 bits per heavy atom. The van der Waals surface area contributed by atoms with E-state index in [4.69, 9.17) is 17.3 Å². The first-order chi connectivity index (χ1) is 6.90. The van der Waals surface area contributed by atoms with E-state index in [0.717, 1.165) is 5.56 Å². The molecule has 1 rings (SSSR count). The fourth-order valence-electron chi connectivity index (χ4n) is 1.18. The number of nitrogens with zero attached hydrogens (tertiary/aromatic N) is 1. The van der Waals surface area contributed by atoms with E-state index in [0.29, 0.717) is 11.4 Å². The van der Waals surface area contributed by atoms with Gasteiger partial charge in [0.1, 0.15) is 9.84 Å². The van der Waals surface area contributed by atoms with E-state index in [1.165, 1.54) is 12.5 Å². The van der Waals surface area contributed by atoms with E-state index in [1.54, 1.807) is 12.3 Å². The van der Waals surface area contributed by atoms with Crippen molar-refractivity contribution >= 4 is 21.4 Å². The lowest BCUT2D eigenvalue weighted by Gasteiger charge is -2.12. The minimum absolute atomic E-state index is 0.0623. The molecule has 0 aliphatic carbocycles. The molecule has 0 spiro atoms. The molecule has 0 saturated carbocycles. The van der Waals surface area contributed by atoms with Crippen LogP contribution in [-0.4, -0.2) is 25.4 Å². The van der Waals surface area contributed by atoms with Crippen molar-refractivity contribution in [2.45, 2.75) is 12.5 Å². The normalized spacial score (nSPS) is 13.8. The van der Waals surface area contributed by atoms with Gasteiger partial charge in [-0.1, -0.05) is 11.6 Å². The summed E-state index contributed by atoms with van der Waals surface area (Å²) in [6.45, 7) is 0. The Kier molecular flexibility index (Phi) is 4.07. The van der Waals surface area contributed by atoms with Gasteiger partial charge in [-0.2, -0.15) is 0 Å². The Morgan fingerprint density at radius 1 is 1.60 bits per heavy atom. The first-order valence-corrected chi connectivity index (χ1v) is 6.87. The molecule has 6 heteroatoms. The highest BCUT2D eigenvalue weighted by atomic mass is 35.5. The highest BCUT2D eigenvalue weighted by molar-refractivity contribution is 7.90. The van der Waals surface area contributed by atoms with E-state index in [2.05, 4.69) is 4.98 Å². The van der Waals surface area contributed by atoms with Crippen LogP contribution in [0, 0.1) is 0 Å². The molecule has 0 aromatic carbocycles. The van der Waals surface area contributed by atoms with Crippen LogP contribution in [0.15, 0.2) is 18.5 Å². The van der Waals surface area contributed by atoms with Crippen molar-refractivity contribution in [1.29, 1.82) is 0 Å². The molecule has 0 aliphatic heterocycles. The minimum atomic E-state index is -2.98. The zero-order valence-electron chi connectivity index (χ0n) is 8.35. The average Bonchev–Trinajstić information content (AvgIpc) is 2.14. The van der Waals surface area contributed by atoms with Gasteiger partial charge in [0.15, 0.2) is 0 Å². The first-order valence-electron chi connectivity index (χ1n) is 4.43. The lowest BCUT2D eigenvalue weighted by Crippen LogP contribution is -2.16. The SMILES string of the molecule is CS(=O)(=O)CCC(N)c1ccncc1Cl. The van der Waals surface area contributed by atoms with Crippen LogP contribution in [0.3, 0.4) is 0 Å². The minimum Gasteiger partial charge on any atom is -0.324 e. The maximum absolute atomic E-state index is 11.0. The Morgan fingerprint density at radius 2 is 2.27 bits per heavy atom. The van der Waals surface area contributed by atoms with E-state index < -0.39 is 9.84 Å². The van der Waals surface area contributed by atoms with Crippen LogP contribution in [0.5, 0.6) is 0 Å². The van der Waals surface area contributed by atoms with Gasteiger partial charge in [0.25, 0.3) is 0 Å². The molecule has 1 unspecified atom stereocenters. The number of halogens is 1. The van der Waals surface area contributed by atoms with Crippen LogP contribution >= 0.6 is 11.6 Å². The summed E-state index contributed by atoms with van der Waals surface area (Å²) >= 11 is 5.88. The summed E-state index contributed by atoms with van der Waals surface area (Å²) in [6.07, 6.45) is 4.63. The van der Waals surface area contributed by atoms with Gasteiger partial charge < -0.3 is 5.73 Å². The number of rotatable bonds is 4. The van der Waals surface area contributed by atoms with Gasteiger partial charge in [-0.25, -0.2) is 8.42 Å². The van der Waals surface area contributed by atoms with Crippen molar-refractivity contribution in [1.82, 2.24) is 4.98 Å². The Hall–Kier alpha value is -0.650. The Balaban J connectivity index is 2.70. The third-order valence-corrected chi connectivity index (χ3v) is 3.30. The predicted octanol–water partition coefficient (Wildman–Crippen LogP) is 1.17. The van der Waals surface area contributed by atoms with Gasteiger partial charge in [0.05, 0.1) is 10.8 Å². The summed E-state index contributed by atoms with van der Waals surface area (Å²) in [5.41, 5.74) is 6.56. The van der Waals surface area contributed by atoms with E-state index in [9.17, 15) is 8.42 Å². The number of nitrogens with two attached hydrogens (primary N) is 1. The standard InChI is InChI=1S/C9H13ClN2O2S/c1-15(13,14)5-3-9(11)7-2-4-12-6-8(7)10/h2,4,6,9H,3,5,11H2,1H3. The third-order valence-electron chi connectivity index (χ3n) is 2.00. The van der Waals surface area contributed by atoms with Crippen molar-refractivity contribution in [3.63, 3.8) is 0 Å². The molecule has 15 heavy (non-hydrogen) atoms. The second kappa shape index (κ2) is 4.92. The fourth-order valence-corrected chi connectivity index (χ4v) is 2.12. The molecule has 0 aliphatic rings. The second-order valence-corrected chi connectivity index (χ2v) is 6.09. The second-order valence-electron chi connectivity index (χ2n) is 3.42. The van der Waals surface area contributed by atoms with Crippen molar-refractivity contribution < 1.29 is 8.42 Å². The zero-order chi connectivity index (χ0) is 11.5. The molecule has 1 aromatic heterocycles. The molecule has 84 valence electrons. The van der Waals surface area contributed by atoms with E-state index in [-0.39, 0.29) is 11.8 Å². The summed E-state index contributed by atoms with van der Waals surface area (Å²) in [5, 5.41) is 0.471. The van der Waals surface area contributed by atoms with Crippen LogP contribution in [0.2, 0.25) is 5.02 Å². The molecular weight excluding hydrogens is 236 g/mol. The number of sulfone groups is 1. The molecule has 0 amide bonds. The smallest absolute Gasteiger partial charge is 0.147 e. The van der Waals surface area contributed by atoms with Crippen LogP contribution in [0.1, 0.15) is 18.0 Å². The van der Waals surface area contributed by atoms with Gasteiger partial charge in [-0.3, -0.25) is 4.98 Å². The van der Waals surface area contributed by atoms with E-state index >= 15 is 0 Å². The van der Waals surface area contributed by atoms with Gasteiger partial charge in [-0.15, -0.1) is 0 Å². The molecule has 0 radical (unpaired) electrons. The zero-order valence-corrected chi connectivity index (χ0v) is 9.92. The predicted molar refractivity (Wildman–Crippen MR) is 60.5 cm³/mol. The molecule has 1 heterocycles. The molecule has 2 N–H and O–H groups in total. The van der Waals surface area contributed by atoms with Crippen molar-refractivity contribution in [2.75, 3.05) is 12.0 Å². The molecule has 4 nitrogen and oxygen atoms in total. The van der Waals surface area contributed by atoms with Crippen LogP contribution in [0.25, 0.3) is 0 Å². The van der Waals surface area contributed by atoms with Crippen LogP contribution in [-0.2, 0) is 9.84 Å². The lowest BCUT2D eigenvalue weighted by molar-refractivity contribution is 0.591. The topological polar surface area (TPSA) is 73.0 Å². The highest BCUT2D eigenvalue weighted by Gasteiger charge is 2.12. The summed E-state index contributed by atoms with van der Waals surface area (Å²) in [7, 11) is -2.98. The summed E-state index contributed by atoms with van der Waals surface area (Å²) in [6, 6.07) is 1.34. The quantitative estimate of drug-likeness (QED) is 0.868. The summed E-state index contributed by atoms with van der Waals surface area (Å²) in [5.74, 6) is 0.0623. The molecule has 0 saturated heterocycles. The molecule has 1 atom stereocenters. The fraction of sp³-hybridized carbons (Fsp3) is 0.444.